The standard InChI is InChI=1S/C9H7FN2O/c1-12-5-11-8-3-2-6(10)4-7(8)9(12)13/h2-5H,1H3. The predicted molar refractivity (Wildman–Crippen MR) is 46.9 cm³/mol. The van der Waals surface area contributed by atoms with Gasteiger partial charge in [0.15, 0.2) is 0 Å². The quantitative estimate of drug-likeness (QED) is 0.604. The first-order valence-corrected chi connectivity index (χ1v) is 3.79. The Morgan fingerprint density at radius 1 is 1.46 bits per heavy atom. The highest BCUT2D eigenvalue weighted by molar-refractivity contribution is 5.77. The molecule has 0 aliphatic rings. The lowest BCUT2D eigenvalue weighted by Crippen LogP contribution is -2.16. The van der Waals surface area contributed by atoms with E-state index < -0.39 is 5.82 Å². The topological polar surface area (TPSA) is 34.9 Å². The molecular weight excluding hydrogens is 171 g/mol. The molecule has 1 aromatic carbocycles. The van der Waals surface area contributed by atoms with E-state index in [1.54, 1.807) is 7.05 Å². The second-order valence-electron chi connectivity index (χ2n) is 2.82. The molecule has 0 unspecified atom stereocenters. The number of fused-ring (bicyclic) bond motifs is 1. The summed E-state index contributed by atoms with van der Waals surface area (Å²) < 4.78 is 14.1. The van der Waals surface area contributed by atoms with Crippen molar-refractivity contribution >= 4 is 10.9 Å². The van der Waals surface area contributed by atoms with Gasteiger partial charge in [-0.05, 0) is 18.2 Å². The third-order valence-corrected chi connectivity index (χ3v) is 1.88. The fraction of sp³-hybridized carbons (Fsp3) is 0.111. The van der Waals surface area contributed by atoms with Crippen LogP contribution in [0.5, 0.6) is 0 Å². The number of aryl methyl sites for hydroxylation is 1. The van der Waals surface area contributed by atoms with E-state index in [0.717, 1.165) is 0 Å². The van der Waals surface area contributed by atoms with Gasteiger partial charge in [-0.3, -0.25) is 4.79 Å². The maximum atomic E-state index is 12.8. The van der Waals surface area contributed by atoms with Crippen molar-refractivity contribution in [3.63, 3.8) is 0 Å². The highest BCUT2D eigenvalue weighted by Gasteiger charge is 2.01. The van der Waals surface area contributed by atoms with Gasteiger partial charge >= 0.3 is 0 Å². The summed E-state index contributed by atoms with van der Waals surface area (Å²) in [6.07, 6.45) is 1.42. The summed E-state index contributed by atoms with van der Waals surface area (Å²) in [4.78, 5) is 15.4. The molecule has 0 fully saturated rings. The Labute approximate surface area is 73.5 Å². The number of aromatic nitrogens is 2. The van der Waals surface area contributed by atoms with E-state index in [9.17, 15) is 9.18 Å². The third-order valence-electron chi connectivity index (χ3n) is 1.88. The van der Waals surface area contributed by atoms with Crippen LogP contribution in [0.4, 0.5) is 4.39 Å². The average molecular weight is 178 g/mol. The molecule has 0 spiro atoms. The molecule has 0 atom stereocenters. The molecule has 66 valence electrons. The van der Waals surface area contributed by atoms with Crippen molar-refractivity contribution in [2.24, 2.45) is 7.05 Å². The number of hydrogen-bond acceptors (Lipinski definition) is 2. The molecular formula is C9H7FN2O. The lowest BCUT2D eigenvalue weighted by atomic mass is 10.2. The van der Waals surface area contributed by atoms with Gasteiger partial charge in [0.2, 0.25) is 0 Å². The van der Waals surface area contributed by atoms with Gasteiger partial charge in [0.1, 0.15) is 5.82 Å². The summed E-state index contributed by atoms with van der Waals surface area (Å²) >= 11 is 0. The minimum absolute atomic E-state index is 0.232. The summed E-state index contributed by atoms with van der Waals surface area (Å²) in [6, 6.07) is 3.98. The molecule has 0 amide bonds. The molecule has 0 saturated heterocycles. The highest BCUT2D eigenvalue weighted by atomic mass is 19.1. The van der Waals surface area contributed by atoms with E-state index in [1.165, 1.54) is 29.1 Å². The van der Waals surface area contributed by atoms with Crippen LogP contribution in [0.25, 0.3) is 10.9 Å². The molecule has 1 aromatic heterocycles. The van der Waals surface area contributed by atoms with Gasteiger partial charge < -0.3 is 4.57 Å². The fourth-order valence-corrected chi connectivity index (χ4v) is 1.18. The van der Waals surface area contributed by atoms with E-state index in [-0.39, 0.29) is 5.56 Å². The van der Waals surface area contributed by atoms with E-state index in [4.69, 9.17) is 0 Å². The summed E-state index contributed by atoms with van der Waals surface area (Å²) in [6.45, 7) is 0. The average Bonchev–Trinajstić information content (AvgIpc) is 2.12. The van der Waals surface area contributed by atoms with Crippen molar-refractivity contribution in [1.82, 2.24) is 9.55 Å². The van der Waals surface area contributed by atoms with Crippen LogP contribution in [0.15, 0.2) is 29.3 Å². The third kappa shape index (κ3) is 1.20. The monoisotopic (exact) mass is 178 g/mol. The van der Waals surface area contributed by atoms with Crippen LogP contribution in [0.1, 0.15) is 0 Å². The Morgan fingerprint density at radius 3 is 3.00 bits per heavy atom. The van der Waals surface area contributed by atoms with Gasteiger partial charge in [0.25, 0.3) is 5.56 Å². The first kappa shape index (κ1) is 7.91. The molecule has 13 heavy (non-hydrogen) atoms. The van der Waals surface area contributed by atoms with Crippen LogP contribution < -0.4 is 5.56 Å². The Hall–Kier alpha value is -1.71. The van der Waals surface area contributed by atoms with E-state index in [1.807, 2.05) is 0 Å². The number of benzene rings is 1. The van der Waals surface area contributed by atoms with Crippen molar-refractivity contribution in [2.75, 3.05) is 0 Å². The first-order chi connectivity index (χ1) is 6.18. The van der Waals surface area contributed by atoms with Crippen LogP contribution >= 0.6 is 0 Å². The molecule has 0 N–H and O–H groups in total. The molecule has 1 heterocycles. The summed E-state index contributed by atoms with van der Waals surface area (Å²) in [5, 5.41) is 0.310. The summed E-state index contributed by atoms with van der Waals surface area (Å²) in [7, 11) is 1.58. The van der Waals surface area contributed by atoms with Gasteiger partial charge in [-0.1, -0.05) is 0 Å². The number of nitrogens with zero attached hydrogens (tertiary/aromatic N) is 2. The number of hydrogen-bond donors (Lipinski definition) is 0. The molecule has 0 aliphatic carbocycles. The zero-order chi connectivity index (χ0) is 9.42. The maximum Gasteiger partial charge on any atom is 0.261 e. The van der Waals surface area contributed by atoms with Crippen molar-refractivity contribution in [3.8, 4) is 0 Å². The zero-order valence-electron chi connectivity index (χ0n) is 6.99. The van der Waals surface area contributed by atoms with Gasteiger partial charge in [-0.15, -0.1) is 0 Å². The predicted octanol–water partition coefficient (Wildman–Crippen LogP) is 1.07. The van der Waals surface area contributed by atoms with E-state index in [2.05, 4.69) is 4.98 Å². The smallest absolute Gasteiger partial charge is 0.261 e. The Balaban J connectivity index is 2.97. The fourth-order valence-electron chi connectivity index (χ4n) is 1.18. The second kappa shape index (κ2) is 2.65. The van der Waals surface area contributed by atoms with Gasteiger partial charge in [-0.2, -0.15) is 0 Å². The molecule has 0 saturated carbocycles. The lowest BCUT2D eigenvalue weighted by molar-refractivity contribution is 0.629. The van der Waals surface area contributed by atoms with Crippen molar-refractivity contribution < 1.29 is 4.39 Å². The zero-order valence-corrected chi connectivity index (χ0v) is 6.99. The van der Waals surface area contributed by atoms with Crippen molar-refractivity contribution in [1.29, 1.82) is 0 Å². The molecule has 0 radical (unpaired) electrons. The molecule has 2 aromatic rings. The second-order valence-corrected chi connectivity index (χ2v) is 2.82. The van der Waals surface area contributed by atoms with E-state index in [0.29, 0.717) is 10.9 Å². The van der Waals surface area contributed by atoms with Crippen molar-refractivity contribution in [2.45, 2.75) is 0 Å². The molecule has 4 heteroatoms. The van der Waals surface area contributed by atoms with Crippen LogP contribution in [-0.4, -0.2) is 9.55 Å². The summed E-state index contributed by atoms with van der Waals surface area (Å²) in [5.41, 5.74) is 0.286. The van der Waals surface area contributed by atoms with E-state index >= 15 is 0 Å². The number of halogens is 1. The number of rotatable bonds is 0. The summed E-state index contributed by atoms with van der Waals surface area (Å²) in [5.74, 6) is -0.419. The Kier molecular flexibility index (Phi) is 1.62. The molecule has 0 aliphatic heterocycles. The van der Waals surface area contributed by atoms with Crippen LogP contribution in [0.2, 0.25) is 0 Å². The van der Waals surface area contributed by atoms with Crippen LogP contribution in [0.3, 0.4) is 0 Å². The molecule has 2 rings (SSSR count). The highest BCUT2D eigenvalue weighted by Crippen LogP contribution is 2.07. The van der Waals surface area contributed by atoms with Gasteiger partial charge in [0.05, 0.1) is 17.2 Å². The molecule has 3 nitrogen and oxygen atoms in total. The van der Waals surface area contributed by atoms with Crippen LogP contribution in [0, 0.1) is 5.82 Å². The largest absolute Gasteiger partial charge is 0.302 e. The Morgan fingerprint density at radius 2 is 2.23 bits per heavy atom. The maximum absolute atomic E-state index is 12.8. The Bertz CT molecular complexity index is 513. The van der Waals surface area contributed by atoms with Crippen LogP contribution in [-0.2, 0) is 7.05 Å². The minimum atomic E-state index is -0.419. The first-order valence-electron chi connectivity index (χ1n) is 3.79. The SMILES string of the molecule is Cn1cnc2ccc(F)cc2c1=O. The normalized spacial score (nSPS) is 10.6. The molecule has 0 bridgehead atoms. The van der Waals surface area contributed by atoms with Crippen molar-refractivity contribution in [3.05, 3.63) is 40.7 Å². The van der Waals surface area contributed by atoms with Gasteiger partial charge in [-0.25, -0.2) is 9.37 Å². The lowest BCUT2D eigenvalue weighted by Gasteiger charge is -1.99. The van der Waals surface area contributed by atoms with Gasteiger partial charge in [0, 0.05) is 7.05 Å². The minimum Gasteiger partial charge on any atom is -0.302 e.